The molecule has 0 radical (unpaired) electrons. The summed E-state index contributed by atoms with van der Waals surface area (Å²) in [5, 5.41) is 21.9. The number of methoxy groups -OCH3 is 1. The second-order valence-corrected chi connectivity index (χ2v) is 6.92. The number of aromatic nitrogens is 4. The summed E-state index contributed by atoms with van der Waals surface area (Å²) in [6.07, 6.45) is 5.41. The Morgan fingerprint density at radius 3 is 2.83 bits per heavy atom. The van der Waals surface area contributed by atoms with Gasteiger partial charge >= 0.3 is 0 Å². The van der Waals surface area contributed by atoms with Gasteiger partial charge in [0, 0.05) is 24.8 Å². The minimum absolute atomic E-state index is 0.128. The molecule has 2 aromatic heterocycles. The van der Waals surface area contributed by atoms with Crippen molar-refractivity contribution >= 4 is 23.6 Å². The van der Waals surface area contributed by atoms with Crippen LogP contribution >= 0.6 is 0 Å². The maximum atomic E-state index is 14.8. The Balaban J connectivity index is 1.60. The van der Waals surface area contributed by atoms with Crippen LogP contribution in [0.5, 0.6) is 5.75 Å². The smallest absolute Gasteiger partial charge is 0.218 e. The highest BCUT2D eigenvalue weighted by molar-refractivity contribution is 6.04. The molecule has 0 unspecified atom stereocenters. The van der Waals surface area contributed by atoms with Gasteiger partial charge in [-0.1, -0.05) is 6.08 Å². The van der Waals surface area contributed by atoms with E-state index in [1.807, 2.05) is 6.08 Å². The number of hydrogen-bond acceptors (Lipinski definition) is 8. The van der Waals surface area contributed by atoms with Crippen LogP contribution in [0, 0.1) is 6.92 Å². The second-order valence-electron chi connectivity index (χ2n) is 6.92. The predicted octanol–water partition coefficient (Wildman–Crippen LogP) is 2.11. The zero-order valence-corrected chi connectivity index (χ0v) is 16.5. The number of ether oxygens (including phenoxy) is 1. The predicted molar refractivity (Wildman–Crippen MR) is 109 cm³/mol. The van der Waals surface area contributed by atoms with Crippen LogP contribution in [0.4, 0.5) is 4.39 Å². The van der Waals surface area contributed by atoms with Crippen molar-refractivity contribution < 1.29 is 9.13 Å². The molecule has 1 saturated heterocycles. The van der Waals surface area contributed by atoms with E-state index < -0.39 is 5.83 Å². The normalized spacial score (nSPS) is 19.2. The lowest BCUT2D eigenvalue weighted by Crippen LogP contribution is -2.38. The van der Waals surface area contributed by atoms with E-state index in [-0.39, 0.29) is 6.04 Å². The third kappa shape index (κ3) is 3.88. The Labute approximate surface area is 167 Å². The van der Waals surface area contributed by atoms with E-state index in [1.54, 1.807) is 20.1 Å². The van der Waals surface area contributed by atoms with E-state index >= 15 is 0 Å². The number of allylic oxidation sites excluding steroid dienone is 4. The summed E-state index contributed by atoms with van der Waals surface area (Å²) in [6.45, 7) is 7.15. The zero-order valence-electron chi connectivity index (χ0n) is 16.5. The summed E-state index contributed by atoms with van der Waals surface area (Å²) < 4.78 is 21.6. The van der Waals surface area contributed by atoms with E-state index in [1.165, 1.54) is 15.8 Å². The minimum Gasteiger partial charge on any atom is -0.493 e. The average Bonchev–Trinajstić information content (AvgIpc) is 3.13. The van der Waals surface area contributed by atoms with E-state index in [0.717, 1.165) is 25.9 Å². The topological polar surface area (TPSA) is 92.3 Å². The maximum Gasteiger partial charge on any atom is 0.218 e. The molecular weight excluding hydrogens is 375 g/mol. The Bertz CT molecular complexity index is 1020. The molecule has 9 nitrogen and oxygen atoms in total. The van der Waals surface area contributed by atoms with Gasteiger partial charge in [0.25, 0.3) is 0 Å². The second kappa shape index (κ2) is 8.08. The lowest BCUT2D eigenvalue weighted by Gasteiger charge is -2.29. The van der Waals surface area contributed by atoms with Crippen molar-refractivity contribution in [1.29, 1.82) is 0 Å². The number of aryl methyl sites for hydroxylation is 1. The Morgan fingerprint density at radius 2 is 2.14 bits per heavy atom. The Hall–Kier alpha value is -3.14. The van der Waals surface area contributed by atoms with E-state index in [2.05, 4.69) is 37.4 Å². The lowest BCUT2D eigenvalue weighted by atomic mass is 10.0. The summed E-state index contributed by atoms with van der Waals surface area (Å²) in [5.41, 5.74) is 2.02. The first kappa shape index (κ1) is 19.2. The van der Waals surface area contributed by atoms with Crippen LogP contribution in [0.3, 0.4) is 0 Å². The van der Waals surface area contributed by atoms with Gasteiger partial charge in [-0.05, 0) is 38.9 Å². The van der Waals surface area contributed by atoms with Crippen molar-refractivity contribution in [3.8, 4) is 5.75 Å². The molecule has 29 heavy (non-hydrogen) atoms. The van der Waals surface area contributed by atoms with Gasteiger partial charge in [-0.15, -0.1) is 14.8 Å². The minimum atomic E-state index is -0.416. The molecule has 0 aromatic carbocycles. The van der Waals surface area contributed by atoms with Crippen LogP contribution in [-0.4, -0.2) is 63.6 Å². The summed E-state index contributed by atoms with van der Waals surface area (Å²) in [7, 11) is 1.55. The van der Waals surface area contributed by atoms with Crippen molar-refractivity contribution in [2.45, 2.75) is 32.2 Å². The van der Waals surface area contributed by atoms with Gasteiger partial charge in [-0.2, -0.15) is 15.3 Å². The fourth-order valence-corrected chi connectivity index (χ4v) is 3.48. The number of nitrogens with one attached hydrogen (secondary N) is 1. The summed E-state index contributed by atoms with van der Waals surface area (Å²) >= 11 is 0. The Morgan fingerprint density at radius 1 is 1.34 bits per heavy atom. The van der Waals surface area contributed by atoms with E-state index in [0.29, 0.717) is 40.6 Å². The van der Waals surface area contributed by atoms with Gasteiger partial charge in [0.05, 0.1) is 18.8 Å². The summed E-state index contributed by atoms with van der Waals surface area (Å²) in [4.78, 5) is 4.29. The maximum absolute atomic E-state index is 14.8. The first-order valence-corrected chi connectivity index (χ1v) is 9.50. The number of rotatable bonds is 5. The largest absolute Gasteiger partial charge is 0.493 e. The monoisotopic (exact) mass is 398 g/mol. The molecule has 1 aliphatic carbocycles. The standard InChI is InChI=1S/C19H23FN8O/c1-12-23-19-18(29-3)11-17(26-28(19)24-12)13-4-5-16(15(20)10-13)25-27(21-2)14-6-8-22-9-7-14/h4,10-11,14,22H,2,5-9H2,1,3H3/b25-16+. The van der Waals surface area contributed by atoms with E-state index in [4.69, 9.17) is 4.74 Å². The number of halogens is 1. The highest BCUT2D eigenvalue weighted by Crippen LogP contribution is 2.28. The molecule has 2 aliphatic rings. The fourth-order valence-electron chi connectivity index (χ4n) is 3.48. The molecule has 4 rings (SSSR count). The van der Waals surface area contributed by atoms with Crippen molar-refractivity contribution in [3.63, 3.8) is 0 Å². The molecule has 1 N–H and O–H groups in total. The quantitative estimate of drug-likeness (QED) is 0.613. The van der Waals surface area contributed by atoms with Crippen molar-refractivity contribution in [2.75, 3.05) is 20.2 Å². The lowest BCUT2D eigenvalue weighted by molar-refractivity contribution is 0.176. The van der Waals surface area contributed by atoms with Crippen molar-refractivity contribution in [3.05, 3.63) is 35.6 Å². The molecule has 1 fully saturated rings. The summed E-state index contributed by atoms with van der Waals surface area (Å²) in [6, 6.07) is 1.86. The van der Waals surface area contributed by atoms with Crippen LogP contribution in [0.25, 0.3) is 11.2 Å². The molecule has 2 aromatic rings. The molecular formula is C19H23FN8O. The first-order chi connectivity index (χ1) is 14.1. The number of hydrogen-bond donors (Lipinski definition) is 1. The van der Waals surface area contributed by atoms with Gasteiger partial charge < -0.3 is 10.1 Å². The molecule has 1 aliphatic heterocycles. The van der Waals surface area contributed by atoms with Gasteiger partial charge in [-0.25, -0.2) is 9.37 Å². The summed E-state index contributed by atoms with van der Waals surface area (Å²) in [5.74, 6) is 0.690. The van der Waals surface area contributed by atoms with Crippen LogP contribution in [-0.2, 0) is 0 Å². The Kier molecular flexibility index (Phi) is 5.34. The van der Waals surface area contributed by atoms with Crippen molar-refractivity contribution in [2.24, 2.45) is 10.2 Å². The number of fused-ring (bicyclic) bond motifs is 1. The van der Waals surface area contributed by atoms with Crippen LogP contribution < -0.4 is 10.1 Å². The van der Waals surface area contributed by atoms with Crippen LogP contribution in [0.1, 0.15) is 30.8 Å². The van der Waals surface area contributed by atoms with Crippen LogP contribution in [0.2, 0.25) is 0 Å². The first-order valence-electron chi connectivity index (χ1n) is 9.50. The van der Waals surface area contributed by atoms with E-state index in [9.17, 15) is 4.39 Å². The van der Waals surface area contributed by atoms with Gasteiger partial charge in [0.2, 0.25) is 5.65 Å². The molecule has 0 saturated carbocycles. The zero-order chi connectivity index (χ0) is 20.4. The highest BCUT2D eigenvalue weighted by atomic mass is 19.1. The third-order valence-corrected chi connectivity index (χ3v) is 4.98. The number of piperidine rings is 1. The van der Waals surface area contributed by atoms with Gasteiger partial charge in [0.15, 0.2) is 11.6 Å². The highest BCUT2D eigenvalue weighted by Gasteiger charge is 2.22. The molecule has 0 spiro atoms. The molecule has 0 amide bonds. The number of hydrazone groups is 2. The molecule has 152 valence electrons. The third-order valence-electron chi connectivity index (χ3n) is 4.98. The van der Waals surface area contributed by atoms with Gasteiger partial charge in [0.1, 0.15) is 11.5 Å². The number of nitrogens with zero attached hydrogens (tertiary/aromatic N) is 7. The van der Waals surface area contributed by atoms with Crippen molar-refractivity contribution in [1.82, 2.24) is 30.2 Å². The average molecular weight is 398 g/mol. The van der Waals surface area contributed by atoms with Gasteiger partial charge in [-0.3, -0.25) is 0 Å². The molecule has 0 bridgehead atoms. The molecule has 10 heteroatoms. The fraction of sp³-hybridized carbons (Fsp3) is 0.421. The molecule has 0 atom stereocenters. The SMILES string of the molecule is C=NN(/N=C1\CC=C(c2cc(OC)c3nc(C)nn3n2)C=C1F)C1CCNCC1. The van der Waals surface area contributed by atoms with Crippen LogP contribution in [0.15, 0.2) is 34.2 Å². The molecule has 3 heterocycles.